The molecule has 1 aromatic rings. The van der Waals surface area contributed by atoms with E-state index in [1.165, 1.54) is 25.4 Å². The van der Waals surface area contributed by atoms with Crippen LogP contribution < -0.4 is 0 Å². The van der Waals surface area contributed by atoms with Crippen LogP contribution in [-0.2, 0) is 33.3 Å². The number of allylic oxidation sites excluding steroid dienone is 1. The van der Waals surface area contributed by atoms with E-state index in [9.17, 15) is 24.3 Å². The normalized spacial score (nSPS) is 32.8. The lowest BCUT2D eigenvalue weighted by atomic mass is 9.44. The van der Waals surface area contributed by atoms with Gasteiger partial charge in [0.15, 0.2) is 12.2 Å². The Hall–Kier alpha value is -3.79. The van der Waals surface area contributed by atoms with Crippen LogP contribution in [0.25, 0.3) is 0 Å². The summed E-state index contributed by atoms with van der Waals surface area (Å²) in [6.07, 6.45) is 7.60. The smallest absolute Gasteiger partial charge is 0.348 e. The number of aliphatic hydroxyl groups is 1. The monoisotopic (exact) mass is 595 g/mol. The third kappa shape index (κ3) is 5.89. The van der Waals surface area contributed by atoms with E-state index in [2.05, 4.69) is 11.1 Å². The van der Waals surface area contributed by atoms with Crippen LogP contribution in [0.2, 0.25) is 0 Å². The van der Waals surface area contributed by atoms with Crippen molar-refractivity contribution in [3.63, 3.8) is 0 Å². The summed E-state index contributed by atoms with van der Waals surface area (Å²) < 4.78 is 22.7. The predicted octanol–water partition coefficient (Wildman–Crippen LogP) is 4.28. The Kier molecular flexibility index (Phi) is 9.02. The molecule has 0 bridgehead atoms. The number of ether oxygens (including phenoxy) is 4. The number of hydrogen-bond acceptors (Lipinski definition) is 10. The van der Waals surface area contributed by atoms with Crippen LogP contribution in [0.15, 0.2) is 60.0 Å². The number of nitrogens with zero attached hydrogens (tertiary/aromatic N) is 1. The quantitative estimate of drug-likeness (QED) is 0.263. The highest BCUT2D eigenvalue weighted by molar-refractivity contribution is 5.89. The first-order valence-corrected chi connectivity index (χ1v) is 14.6. The van der Waals surface area contributed by atoms with Crippen LogP contribution in [0, 0.1) is 22.7 Å². The maximum absolute atomic E-state index is 13.7. The fourth-order valence-corrected chi connectivity index (χ4v) is 6.78. The van der Waals surface area contributed by atoms with Crippen molar-refractivity contribution in [3.05, 3.63) is 65.5 Å². The molecule has 7 atom stereocenters. The largest absolute Gasteiger partial charge is 0.458 e. The Morgan fingerprint density at radius 2 is 1.88 bits per heavy atom. The molecule has 0 aromatic carbocycles. The van der Waals surface area contributed by atoms with E-state index in [0.29, 0.717) is 12.0 Å². The van der Waals surface area contributed by atoms with Gasteiger partial charge in [-0.05, 0) is 50.3 Å². The van der Waals surface area contributed by atoms with Crippen LogP contribution in [0.5, 0.6) is 0 Å². The van der Waals surface area contributed by atoms with Gasteiger partial charge in [0.2, 0.25) is 6.10 Å². The van der Waals surface area contributed by atoms with E-state index in [1.54, 1.807) is 39.0 Å². The van der Waals surface area contributed by atoms with Crippen molar-refractivity contribution in [2.45, 2.75) is 85.2 Å². The average Bonchev–Trinajstić information content (AvgIpc) is 3.37. The van der Waals surface area contributed by atoms with Gasteiger partial charge in [-0.2, -0.15) is 0 Å². The second-order valence-corrected chi connectivity index (χ2v) is 12.6. The SMILES string of the molecule is CC(=O)OC(C(=O)OC1C(OC(=O)c2cccnc2)C2(C)C(C)=CCCC2C(C)(C=CC2=CC(=O)OC2)C1(C)O)C(C)C. The molecule has 1 saturated carbocycles. The first-order chi connectivity index (χ1) is 20.1. The molecule has 0 radical (unpaired) electrons. The van der Waals surface area contributed by atoms with Crippen molar-refractivity contribution in [3.8, 4) is 0 Å². The molecule has 43 heavy (non-hydrogen) atoms. The zero-order valence-corrected chi connectivity index (χ0v) is 25.8. The summed E-state index contributed by atoms with van der Waals surface area (Å²) >= 11 is 0. The fraction of sp³-hybridized carbons (Fsp3) is 0.545. The molecular weight excluding hydrogens is 554 g/mol. The van der Waals surface area contributed by atoms with E-state index >= 15 is 0 Å². The van der Waals surface area contributed by atoms with Crippen molar-refractivity contribution < 1.29 is 43.2 Å². The minimum atomic E-state index is -1.80. The van der Waals surface area contributed by atoms with Gasteiger partial charge in [-0.1, -0.05) is 51.5 Å². The lowest BCUT2D eigenvalue weighted by Crippen LogP contribution is -2.72. The van der Waals surface area contributed by atoms with Crippen LogP contribution in [0.3, 0.4) is 0 Å². The molecule has 0 amide bonds. The highest BCUT2D eigenvalue weighted by Gasteiger charge is 2.69. The van der Waals surface area contributed by atoms with E-state index in [4.69, 9.17) is 18.9 Å². The molecular formula is C33H41NO9. The fourth-order valence-electron chi connectivity index (χ4n) is 6.78. The maximum atomic E-state index is 13.7. The second-order valence-electron chi connectivity index (χ2n) is 12.6. The lowest BCUT2D eigenvalue weighted by Gasteiger charge is -2.64. The van der Waals surface area contributed by atoms with Crippen molar-refractivity contribution >= 4 is 23.9 Å². The van der Waals surface area contributed by atoms with Crippen molar-refractivity contribution in [1.29, 1.82) is 0 Å². The summed E-state index contributed by atoms with van der Waals surface area (Å²) in [6.45, 7) is 12.1. The van der Waals surface area contributed by atoms with Gasteiger partial charge in [-0.3, -0.25) is 9.78 Å². The number of aromatic nitrogens is 1. The number of carbonyl (C=O) groups is 4. The van der Waals surface area contributed by atoms with Gasteiger partial charge < -0.3 is 24.1 Å². The zero-order chi connectivity index (χ0) is 31.7. The highest BCUT2D eigenvalue weighted by atomic mass is 16.6. The summed E-state index contributed by atoms with van der Waals surface area (Å²) in [5, 5.41) is 12.5. The summed E-state index contributed by atoms with van der Waals surface area (Å²) in [6, 6.07) is 3.18. The molecule has 4 rings (SSSR count). The van der Waals surface area contributed by atoms with Gasteiger partial charge in [0.1, 0.15) is 12.2 Å². The van der Waals surface area contributed by atoms with Gasteiger partial charge in [-0.25, -0.2) is 14.4 Å². The molecule has 1 fully saturated rings. The molecule has 0 spiro atoms. The van der Waals surface area contributed by atoms with E-state index < -0.39 is 64.5 Å². The summed E-state index contributed by atoms with van der Waals surface area (Å²) in [5.74, 6) is -3.36. The molecule has 1 N–H and O–H groups in total. The zero-order valence-electron chi connectivity index (χ0n) is 25.8. The van der Waals surface area contributed by atoms with Gasteiger partial charge in [0.05, 0.1) is 5.56 Å². The number of pyridine rings is 1. The Morgan fingerprint density at radius 1 is 1.16 bits per heavy atom. The maximum Gasteiger partial charge on any atom is 0.348 e. The molecule has 10 heteroatoms. The Bertz CT molecular complexity index is 1360. The Balaban J connectivity index is 1.87. The van der Waals surface area contributed by atoms with Gasteiger partial charge in [0, 0.05) is 42.1 Å². The second kappa shape index (κ2) is 12.1. The average molecular weight is 596 g/mol. The molecule has 0 saturated heterocycles. The number of hydrogen-bond donors (Lipinski definition) is 1. The van der Waals surface area contributed by atoms with E-state index in [-0.39, 0.29) is 18.1 Å². The van der Waals surface area contributed by atoms with Gasteiger partial charge >= 0.3 is 23.9 Å². The summed E-state index contributed by atoms with van der Waals surface area (Å²) in [4.78, 5) is 54.8. The van der Waals surface area contributed by atoms with Crippen LogP contribution in [-0.4, -0.2) is 64.5 Å². The van der Waals surface area contributed by atoms with Crippen LogP contribution in [0.1, 0.15) is 71.7 Å². The third-order valence-corrected chi connectivity index (χ3v) is 9.55. The molecule has 7 unspecified atom stereocenters. The molecule has 2 aliphatic carbocycles. The Labute approximate surface area is 252 Å². The molecule has 1 aliphatic heterocycles. The van der Waals surface area contributed by atoms with Gasteiger partial charge in [0.25, 0.3) is 0 Å². The van der Waals surface area contributed by atoms with Crippen molar-refractivity contribution in [2.75, 3.05) is 6.61 Å². The first-order valence-electron chi connectivity index (χ1n) is 14.6. The van der Waals surface area contributed by atoms with E-state index in [0.717, 1.165) is 12.0 Å². The molecule has 10 nitrogen and oxygen atoms in total. The molecule has 2 heterocycles. The molecule has 3 aliphatic rings. The Morgan fingerprint density at radius 3 is 2.47 bits per heavy atom. The van der Waals surface area contributed by atoms with Crippen LogP contribution in [0.4, 0.5) is 0 Å². The van der Waals surface area contributed by atoms with Crippen molar-refractivity contribution in [2.24, 2.45) is 22.7 Å². The van der Waals surface area contributed by atoms with Crippen molar-refractivity contribution in [1.82, 2.24) is 4.98 Å². The minimum absolute atomic E-state index is 0.108. The number of fused-ring (bicyclic) bond motifs is 1. The lowest BCUT2D eigenvalue weighted by molar-refractivity contribution is -0.263. The number of esters is 4. The molecule has 1 aromatic heterocycles. The van der Waals surface area contributed by atoms with Gasteiger partial charge in [-0.15, -0.1) is 0 Å². The summed E-state index contributed by atoms with van der Waals surface area (Å²) in [7, 11) is 0. The number of cyclic esters (lactones) is 1. The van der Waals surface area contributed by atoms with Crippen LogP contribution >= 0.6 is 0 Å². The predicted molar refractivity (Wildman–Crippen MR) is 155 cm³/mol. The highest BCUT2D eigenvalue weighted by Crippen LogP contribution is 2.63. The summed E-state index contributed by atoms with van der Waals surface area (Å²) in [5.41, 5.74) is -1.99. The third-order valence-electron chi connectivity index (χ3n) is 9.55. The molecule has 232 valence electrons. The minimum Gasteiger partial charge on any atom is -0.458 e. The number of rotatable bonds is 8. The topological polar surface area (TPSA) is 138 Å². The van der Waals surface area contributed by atoms with E-state index in [1.807, 2.05) is 26.8 Å². The standard InChI is InChI=1S/C33H41NO9/c1-19(2)26(41-21(4)35)30(38)43-28-27(42-29(37)23-11-9-15-34-17-23)32(6)20(3)10-8-12-24(32)31(5,33(28,7)39)14-13-22-16-25(36)40-18-22/h9-11,13-17,19,24,26-28,39H,8,12,18H2,1-7H3. The first kappa shape index (κ1) is 32.1. The number of carbonyl (C=O) groups excluding carboxylic acids is 4.